The first-order valence-corrected chi connectivity index (χ1v) is 13.0. The van der Waals surface area contributed by atoms with E-state index in [0.717, 1.165) is 0 Å². The maximum absolute atomic E-state index is 13.7. The third-order valence-corrected chi connectivity index (χ3v) is 7.36. The molecule has 0 aliphatic carbocycles. The normalized spacial score (nSPS) is 15.3. The average Bonchev–Trinajstić information content (AvgIpc) is 3.47. The van der Waals surface area contributed by atoms with Crippen molar-refractivity contribution in [3.8, 4) is 5.75 Å². The molecule has 1 aromatic carbocycles. The number of allylic oxidation sites excluding steroid dienone is 1. The molecule has 188 valence electrons. The van der Waals surface area contributed by atoms with Gasteiger partial charge in [-0.15, -0.1) is 0 Å². The molecule has 0 saturated heterocycles. The van der Waals surface area contributed by atoms with E-state index < -0.39 is 12.0 Å². The van der Waals surface area contributed by atoms with Gasteiger partial charge in [0.25, 0.3) is 5.56 Å². The van der Waals surface area contributed by atoms with Gasteiger partial charge in [0.15, 0.2) is 15.1 Å². The summed E-state index contributed by atoms with van der Waals surface area (Å²) in [7, 11) is 1.55. The number of methoxy groups -OCH3 is 1. The second-order valence-electron chi connectivity index (χ2n) is 7.83. The number of furan rings is 1. The molecule has 37 heavy (non-hydrogen) atoms. The number of benzene rings is 1. The molecule has 0 N–H and O–H groups in total. The molecule has 4 heterocycles. The summed E-state index contributed by atoms with van der Waals surface area (Å²) in [6.07, 6.45) is 4.98. The average molecular weight is 535 g/mol. The monoisotopic (exact) mass is 534 g/mol. The molecule has 0 bridgehead atoms. The van der Waals surface area contributed by atoms with Crippen molar-refractivity contribution in [2.75, 3.05) is 13.7 Å². The number of nitrogens with zero attached hydrogens (tertiary/aromatic N) is 4. The SMILES string of the molecule is CCOC(=O)C1=C(C)N=c2s/c(=C/c3ccc(Sc4ncccn4)o3)c(=O)n2[C@H]1c1ccccc1OC. The number of esters is 1. The zero-order valence-electron chi connectivity index (χ0n) is 20.2. The fourth-order valence-electron chi connectivity index (χ4n) is 4.00. The van der Waals surface area contributed by atoms with Crippen LogP contribution < -0.4 is 19.6 Å². The van der Waals surface area contributed by atoms with Crippen LogP contribution in [-0.4, -0.2) is 34.2 Å². The van der Waals surface area contributed by atoms with E-state index >= 15 is 0 Å². The standard InChI is InChI=1S/C26H22N4O5S2/c1-4-34-24(32)21-15(2)29-26-30(22(21)17-8-5-6-9-18(17)33-3)23(31)19(36-26)14-16-10-11-20(35-16)37-25-27-12-7-13-28-25/h5-14,22H,4H2,1-3H3/b19-14+/t22-/m0/s1. The zero-order valence-corrected chi connectivity index (χ0v) is 21.8. The van der Waals surface area contributed by atoms with E-state index in [1.165, 1.54) is 27.7 Å². The number of hydrogen-bond donors (Lipinski definition) is 0. The highest BCUT2D eigenvalue weighted by Gasteiger charge is 2.34. The number of ether oxygens (including phenoxy) is 2. The van der Waals surface area contributed by atoms with Crippen molar-refractivity contribution < 1.29 is 18.7 Å². The predicted molar refractivity (Wildman–Crippen MR) is 138 cm³/mol. The lowest BCUT2D eigenvalue weighted by Gasteiger charge is -2.25. The molecule has 0 fully saturated rings. The lowest BCUT2D eigenvalue weighted by Crippen LogP contribution is -2.40. The lowest BCUT2D eigenvalue weighted by molar-refractivity contribution is -0.139. The Hall–Kier alpha value is -3.96. The van der Waals surface area contributed by atoms with E-state index in [4.69, 9.17) is 13.9 Å². The summed E-state index contributed by atoms with van der Waals surface area (Å²) in [6, 6.07) is 11.9. The Morgan fingerprint density at radius 1 is 1.19 bits per heavy atom. The Bertz CT molecular complexity index is 1670. The van der Waals surface area contributed by atoms with Crippen molar-refractivity contribution >= 4 is 35.1 Å². The van der Waals surface area contributed by atoms with Gasteiger partial charge in [-0.05, 0) is 49.9 Å². The van der Waals surface area contributed by atoms with Crippen LogP contribution in [-0.2, 0) is 9.53 Å². The van der Waals surface area contributed by atoms with Crippen molar-refractivity contribution in [2.24, 2.45) is 4.99 Å². The van der Waals surface area contributed by atoms with Crippen molar-refractivity contribution in [1.82, 2.24) is 14.5 Å². The van der Waals surface area contributed by atoms with Gasteiger partial charge in [-0.3, -0.25) is 9.36 Å². The minimum absolute atomic E-state index is 0.200. The molecule has 1 aliphatic heterocycles. The van der Waals surface area contributed by atoms with E-state index in [1.54, 1.807) is 63.7 Å². The minimum atomic E-state index is -0.758. The topological polar surface area (TPSA) is 109 Å². The van der Waals surface area contributed by atoms with Gasteiger partial charge in [0.1, 0.15) is 17.6 Å². The van der Waals surface area contributed by atoms with Crippen LogP contribution in [0.4, 0.5) is 0 Å². The van der Waals surface area contributed by atoms with Gasteiger partial charge in [0.2, 0.25) is 0 Å². The molecule has 0 spiro atoms. The maximum atomic E-state index is 13.7. The summed E-state index contributed by atoms with van der Waals surface area (Å²) in [4.78, 5) is 40.2. The highest BCUT2D eigenvalue weighted by atomic mass is 32.2. The molecular weight excluding hydrogens is 512 g/mol. The van der Waals surface area contributed by atoms with Gasteiger partial charge >= 0.3 is 5.97 Å². The number of para-hydroxylation sites is 1. The maximum Gasteiger partial charge on any atom is 0.338 e. The summed E-state index contributed by atoms with van der Waals surface area (Å²) in [6.45, 7) is 3.68. The summed E-state index contributed by atoms with van der Waals surface area (Å²) in [5.74, 6) is 0.526. The number of carbonyl (C=O) groups is 1. The highest BCUT2D eigenvalue weighted by molar-refractivity contribution is 7.99. The smallest absolute Gasteiger partial charge is 0.338 e. The Morgan fingerprint density at radius 2 is 1.97 bits per heavy atom. The number of thiazole rings is 1. The Balaban J connectivity index is 1.62. The Morgan fingerprint density at radius 3 is 2.73 bits per heavy atom. The summed E-state index contributed by atoms with van der Waals surface area (Å²) in [5, 5.41) is 1.15. The van der Waals surface area contributed by atoms with Crippen LogP contribution in [0.25, 0.3) is 6.08 Å². The molecule has 4 aromatic rings. The first-order valence-electron chi connectivity index (χ1n) is 11.4. The van der Waals surface area contributed by atoms with Crippen molar-refractivity contribution in [3.63, 3.8) is 0 Å². The summed E-state index contributed by atoms with van der Waals surface area (Å²) >= 11 is 2.50. The van der Waals surface area contributed by atoms with Gasteiger partial charge in [-0.1, -0.05) is 29.5 Å². The number of aromatic nitrogens is 3. The number of fused-ring (bicyclic) bond motifs is 1. The minimum Gasteiger partial charge on any atom is -0.496 e. The van der Waals surface area contributed by atoms with Crippen molar-refractivity contribution in [3.05, 3.63) is 97.1 Å². The van der Waals surface area contributed by atoms with Crippen molar-refractivity contribution in [2.45, 2.75) is 30.1 Å². The van der Waals surface area contributed by atoms with E-state index in [0.29, 0.717) is 47.9 Å². The molecule has 0 unspecified atom stereocenters. The van der Waals surface area contributed by atoms with Crippen LogP contribution in [0.5, 0.6) is 5.75 Å². The molecule has 0 radical (unpaired) electrons. The van der Waals surface area contributed by atoms with Crippen LogP contribution >= 0.6 is 23.1 Å². The van der Waals surface area contributed by atoms with E-state index in [-0.39, 0.29) is 12.2 Å². The number of carbonyl (C=O) groups excluding carboxylic acids is 1. The lowest BCUT2D eigenvalue weighted by atomic mass is 9.95. The molecule has 9 nitrogen and oxygen atoms in total. The van der Waals surface area contributed by atoms with Gasteiger partial charge < -0.3 is 13.9 Å². The molecule has 1 atom stereocenters. The molecular formula is C26H22N4O5S2. The van der Waals surface area contributed by atoms with Crippen LogP contribution in [0, 0.1) is 0 Å². The zero-order chi connectivity index (χ0) is 25.9. The Kier molecular flexibility index (Phi) is 7.06. The summed E-state index contributed by atoms with van der Waals surface area (Å²) < 4.78 is 18.7. The molecule has 0 saturated carbocycles. The fraction of sp³-hybridized carbons (Fsp3) is 0.192. The quantitative estimate of drug-likeness (QED) is 0.262. The fourth-order valence-corrected chi connectivity index (χ4v) is 5.71. The first-order chi connectivity index (χ1) is 18.0. The van der Waals surface area contributed by atoms with Crippen LogP contribution in [0.1, 0.15) is 31.2 Å². The van der Waals surface area contributed by atoms with Crippen LogP contribution in [0.3, 0.4) is 0 Å². The predicted octanol–water partition coefficient (Wildman–Crippen LogP) is 3.34. The second-order valence-corrected chi connectivity index (χ2v) is 9.82. The summed E-state index contributed by atoms with van der Waals surface area (Å²) in [5.41, 5.74) is 1.15. The van der Waals surface area contributed by atoms with E-state index in [1.807, 2.05) is 18.2 Å². The van der Waals surface area contributed by atoms with E-state index in [2.05, 4.69) is 15.0 Å². The van der Waals surface area contributed by atoms with Gasteiger partial charge in [-0.25, -0.2) is 19.8 Å². The van der Waals surface area contributed by atoms with Crippen molar-refractivity contribution in [1.29, 1.82) is 0 Å². The largest absolute Gasteiger partial charge is 0.496 e. The van der Waals surface area contributed by atoms with Gasteiger partial charge in [0.05, 0.1) is 29.5 Å². The van der Waals surface area contributed by atoms with Crippen LogP contribution in [0.15, 0.2) is 90.6 Å². The molecule has 1 aliphatic rings. The molecule has 5 rings (SSSR count). The van der Waals surface area contributed by atoms with E-state index in [9.17, 15) is 9.59 Å². The third-order valence-electron chi connectivity index (χ3n) is 5.56. The third kappa shape index (κ3) is 4.87. The Labute approximate surface area is 219 Å². The molecule has 3 aromatic heterocycles. The number of rotatable bonds is 7. The second kappa shape index (κ2) is 10.6. The molecule has 0 amide bonds. The molecule has 11 heteroatoms. The first kappa shape index (κ1) is 24.7. The number of hydrogen-bond acceptors (Lipinski definition) is 10. The van der Waals surface area contributed by atoms with Crippen LogP contribution in [0.2, 0.25) is 0 Å². The van der Waals surface area contributed by atoms with Gasteiger partial charge in [0, 0.05) is 24.0 Å². The van der Waals surface area contributed by atoms with Gasteiger partial charge in [-0.2, -0.15) is 0 Å². The highest BCUT2D eigenvalue weighted by Crippen LogP contribution is 2.35.